The van der Waals surface area contributed by atoms with Crippen LogP contribution in [0.5, 0.6) is 0 Å². The standard InChI is InChI=1S/C109H78BN5/c1-108(2)69-109(3,4)94-64-81(42-53-93(94)108)76-40-49-83(50-41-76)112-104-66-85(114-101-58-45-79(73-30-16-8-17-31-73)62-91(101)92-63-80(46-59-102(92)114)74-32-18-9-19-33-74)52-55-96(104)110-95-54-51-84(113-99-56-43-77(71-26-12-6-13-27-71)60-89(99)90-61-78(44-57-100(90)113)72-28-14-7-15-29-72)65-103(95)111(82-47-38-75(39-48-82)70-24-10-5-11-25-70)105-67-86(68-106(112)107(105)110)115-97-36-22-20-34-87(97)88-35-21-23-37-98(88)115/h5-68H,69H2,1-4H3. The van der Waals surface area contributed by atoms with Crippen molar-refractivity contribution in [3.63, 3.8) is 0 Å². The molecule has 5 nitrogen and oxygen atoms in total. The number of fused-ring (bicyclic) bond motifs is 14. The summed E-state index contributed by atoms with van der Waals surface area (Å²) >= 11 is 0. The van der Waals surface area contributed by atoms with Crippen molar-refractivity contribution >= 4 is 123 Å². The molecule has 0 saturated heterocycles. The van der Waals surface area contributed by atoms with Crippen LogP contribution in [0.3, 0.4) is 0 Å². The molecule has 0 N–H and O–H groups in total. The maximum atomic E-state index is 2.63. The van der Waals surface area contributed by atoms with Gasteiger partial charge in [-0.3, -0.25) is 0 Å². The first-order chi connectivity index (χ1) is 56.5. The summed E-state index contributed by atoms with van der Waals surface area (Å²) in [7, 11) is 0. The zero-order valence-electron chi connectivity index (χ0n) is 64.5. The first kappa shape index (κ1) is 66.6. The van der Waals surface area contributed by atoms with Crippen LogP contribution in [0, 0.1) is 0 Å². The smallest absolute Gasteiger partial charge is 0.252 e. The van der Waals surface area contributed by atoms with Gasteiger partial charge in [0.25, 0.3) is 6.71 Å². The highest BCUT2D eigenvalue weighted by molar-refractivity contribution is 7.00. The average molecular weight is 1470 g/mol. The fraction of sp³-hybridized carbons (Fsp3) is 0.0642. The van der Waals surface area contributed by atoms with Crippen LogP contribution in [-0.2, 0) is 10.8 Å². The van der Waals surface area contributed by atoms with Crippen molar-refractivity contribution in [1.29, 1.82) is 0 Å². The van der Waals surface area contributed by atoms with Gasteiger partial charge in [-0.05, 0) is 233 Å². The van der Waals surface area contributed by atoms with Gasteiger partial charge in [0.1, 0.15) is 0 Å². The predicted octanol–water partition coefficient (Wildman–Crippen LogP) is 27.0. The molecule has 0 radical (unpaired) electrons. The molecule has 0 atom stereocenters. The van der Waals surface area contributed by atoms with Gasteiger partial charge in [-0.1, -0.05) is 295 Å². The summed E-state index contributed by atoms with van der Waals surface area (Å²) in [5, 5.41) is 7.23. The van der Waals surface area contributed by atoms with Crippen molar-refractivity contribution in [1.82, 2.24) is 13.7 Å². The Morgan fingerprint density at radius 2 is 0.487 bits per heavy atom. The molecule has 3 aliphatic rings. The molecular weight excluding hydrogens is 1390 g/mol. The molecule has 0 unspecified atom stereocenters. The zero-order chi connectivity index (χ0) is 76.4. The maximum Gasteiger partial charge on any atom is 0.252 e. The van der Waals surface area contributed by atoms with E-state index >= 15 is 0 Å². The number of aromatic nitrogens is 3. The third-order valence-electron chi connectivity index (χ3n) is 25.4. The second-order valence-corrected chi connectivity index (χ2v) is 33.1. The fourth-order valence-electron chi connectivity index (χ4n) is 20.4. The van der Waals surface area contributed by atoms with E-state index in [1.807, 2.05) is 0 Å². The second-order valence-electron chi connectivity index (χ2n) is 33.1. The van der Waals surface area contributed by atoms with Crippen LogP contribution in [-0.4, -0.2) is 20.4 Å². The molecule has 115 heavy (non-hydrogen) atoms. The lowest BCUT2D eigenvalue weighted by molar-refractivity contribution is 0.403. The molecule has 0 spiro atoms. The molecule has 17 aromatic carbocycles. The van der Waals surface area contributed by atoms with E-state index < -0.39 is 0 Å². The van der Waals surface area contributed by atoms with Gasteiger partial charge in [0.2, 0.25) is 0 Å². The van der Waals surface area contributed by atoms with Crippen LogP contribution in [0.15, 0.2) is 388 Å². The molecule has 0 bridgehead atoms. The Labute approximate surface area is 669 Å². The maximum absolute atomic E-state index is 2.63. The molecule has 6 heteroatoms. The van der Waals surface area contributed by atoms with Gasteiger partial charge < -0.3 is 23.5 Å². The first-order valence-corrected chi connectivity index (χ1v) is 40.3. The van der Waals surface area contributed by atoms with E-state index in [1.165, 1.54) is 121 Å². The summed E-state index contributed by atoms with van der Waals surface area (Å²) in [5.41, 5.74) is 37.7. The van der Waals surface area contributed by atoms with E-state index in [4.69, 9.17) is 0 Å². The summed E-state index contributed by atoms with van der Waals surface area (Å²) in [6.07, 6.45) is 1.11. The molecule has 20 aromatic rings. The third-order valence-corrected chi connectivity index (χ3v) is 25.4. The number of anilines is 6. The molecule has 5 heterocycles. The van der Waals surface area contributed by atoms with Gasteiger partial charge in [0, 0.05) is 77.8 Å². The zero-order valence-corrected chi connectivity index (χ0v) is 64.5. The number of hydrogen-bond acceptors (Lipinski definition) is 2. The Hall–Kier alpha value is -14.2. The SMILES string of the molecule is CC1(C)CC(C)(C)c2cc(-c3ccc(N4c5cc(-n6c7ccc(-c8ccccc8)cc7c7cc(-c8ccccc8)ccc76)ccc5B5c6ccc(-n7c8ccc(-c9ccccc9)cc8c8cc(-c9ccccc9)ccc87)cc6N(c6ccc(-c7ccccc7)cc6)c6cc(-n7c8ccccc8c8ccccc87)cc4c65)cc3)ccc21. The number of benzene rings is 17. The van der Waals surface area contributed by atoms with Crippen molar-refractivity contribution in [3.05, 3.63) is 399 Å². The molecule has 23 rings (SSSR count). The summed E-state index contributed by atoms with van der Waals surface area (Å²) in [4.78, 5) is 5.23. The minimum Gasteiger partial charge on any atom is -0.311 e. The molecule has 3 aromatic heterocycles. The Bertz CT molecular complexity index is 7090. The molecule has 0 amide bonds. The van der Waals surface area contributed by atoms with E-state index in [-0.39, 0.29) is 17.5 Å². The number of hydrogen-bond donors (Lipinski definition) is 0. The summed E-state index contributed by atoms with van der Waals surface area (Å²) < 4.78 is 7.58. The number of rotatable bonds is 11. The Morgan fingerprint density at radius 3 is 0.878 bits per heavy atom. The Balaban J connectivity index is 0.808. The van der Waals surface area contributed by atoms with Gasteiger partial charge in [-0.25, -0.2) is 0 Å². The van der Waals surface area contributed by atoms with E-state index in [0.29, 0.717) is 0 Å². The number of para-hydroxylation sites is 2. The van der Waals surface area contributed by atoms with E-state index in [0.717, 1.165) is 96.3 Å². The van der Waals surface area contributed by atoms with Gasteiger partial charge >= 0.3 is 0 Å². The molecule has 0 fully saturated rings. The topological polar surface area (TPSA) is 21.3 Å². The van der Waals surface area contributed by atoms with Gasteiger partial charge in [-0.15, -0.1) is 0 Å². The predicted molar refractivity (Wildman–Crippen MR) is 487 cm³/mol. The van der Waals surface area contributed by atoms with Crippen LogP contribution >= 0.6 is 0 Å². The minimum absolute atomic E-state index is 0.0508. The van der Waals surface area contributed by atoms with E-state index in [2.05, 4.69) is 439 Å². The molecule has 542 valence electrons. The minimum atomic E-state index is -0.236. The van der Waals surface area contributed by atoms with Crippen LogP contribution in [0.2, 0.25) is 0 Å². The van der Waals surface area contributed by atoms with Crippen molar-refractivity contribution in [3.8, 4) is 83.8 Å². The van der Waals surface area contributed by atoms with Crippen LogP contribution in [0.25, 0.3) is 149 Å². The highest BCUT2D eigenvalue weighted by Crippen LogP contribution is 2.53. The Kier molecular flexibility index (Phi) is 14.9. The van der Waals surface area contributed by atoms with Crippen molar-refractivity contribution in [2.45, 2.75) is 44.9 Å². The normalized spacial score (nSPS) is 13.8. The van der Waals surface area contributed by atoms with Crippen molar-refractivity contribution in [2.24, 2.45) is 0 Å². The molecular formula is C109H78BN5. The third kappa shape index (κ3) is 10.6. The van der Waals surface area contributed by atoms with Crippen molar-refractivity contribution in [2.75, 3.05) is 9.80 Å². The Morgan fingerprint density at radius 1 is 0.209 bits per heavy atom. The lowest BCUT2D eigenvalue weighted by atomic mass is 9.33. The molecule has 0 saturated carbocycles. The van der Waals surface area contributed by atoms with Gasteiger partial charge in [-0.2, -0.15) is 0 Å². The van der Waals surface area contributed by atoms with Gasteiger partial charge in [0.15, 0.2) is 0 Å². The average Bonchev–Trinajstić information content (AvgIpc) is 1.56. The highest BCUT2D eigenvalue weighted by Gasteiger charge is 2.46. The van der Waals surface area contributed by atoms with E-state index in [9.17, 15) is 0 Å². The first-order valence-electron chi connectivity index (χ1n) is 40.3. The summed E-state index contributed by atoms with van der Waals surface area (Å²) in [5.74, 6) is 0. The lowest BCUT2D eigenvalue weighted by Gasteiger charge is -2.44. The van der Waals surface area contributed by atoms with Gasteiger partial charge in [0.05, 0.1) is 38.8 Å². The summed E-state index contributed by atoms with van der Waals surface area (Å²) in [6.45, 7) is 9.43. The highest BCUT2D eigenvalue weighted by atomic mass is 15.2. The van der Waals surface area contributed by atoms with Crippen LogP contribution in [0.4, 0.5) is 34.1 Å². The number of nitrogens with zero attached hydrogens (tertiary/aromatic N) is 5. The van der Waals surface area contributed by atoms with Crippen LogP contribution in [0.1, 0.15) is 45.2 Å². The second kappa shape index (κ2) is 25.7. The summed E-state index contributed by atoms with van der Waals surface area (Å²) in [6, 6.07) is 146. The largest absolute Gasteiger partial charge is 0.311 e. The monoisotopic (exact) mass is 1470 g/mol. The van der Waals surface area contributed by atoms with E-state index in [1.54, 1.807) is 0 Å². The molecule has 1 aliphatic carbocycles. The quantitative estimate of drug-likeness (QED) is 0.120. The fourth-order valence-corrected chi connectivity index (χ4v) is 20.4. The molecule has 2 aliphatic heterocycles. The van der Waals surface area contributed by atoms with Crippen LogP contribution < -0.4 is 26.2 Å². The van der Waals surface area contributed by atoms with Crippen molar-refractivity contribution < 1.29 is 0 Å². The lowest BCUT2D eigenvalue weighted by Crippen LogP contribution is -2.61.